The predicted octanol–water partition coefficient (Wildman–Crippen LogP) is 1.37. The Labute approximate surface area is 103 Å². The summed E-state index contributed by atoms with van der Waals surface area (Å²) in [5, 5.41) is 0. The normalized spacial score (nSPS) is 33.6. The van der Waals surface area contributed by atoms with Gasteiger partial charge in [0.1, 0.15) is 0 Å². The molecule has 2 aliphatic heterocycles. The number of piperidine rings is 1. The van der Waals surface area contributed by atoms with Gasteiger partial charge in [0.15, 0.2) is 0 Å². The standard InChI is InChI=1S/C14H21N3/c1-11-13-10-17(8-7-14(13)16-15-11)9-12-5-3-2-4-6-12/h2-6,11,13-16H,7-10H2,1H3. The van der Waals surface area contributed by atoms with Gasteiger partial charge in [-0.2, -0.15) is 0 Å². The molecule has 3 rings (SSSR count). The molecular formula is C14H21N3. The third kappa shape index (κ3) is 2.37. The molecule has 2 heterocycles. The lowest BCUT2D eigenvalue weighted by Gasteiger charge is -2.35. The van der Waals surface area contributed by atoms with E-state index in [9.17, 15) is 0 Å². The molecule has 92 valence electrons. The minimum atomic E-state index is 0.596. The van der Waals surface area contributed by atoms with Crippen LogP contribution in [0, 0.1) is 5.92 Å². The van der Waals surface area contributed by atoms with Crippen molar-refractivity contribution in [1.82, 2.24) is 15.8 Å². The van der Waals surface area contributed by atoms with Crippen LogP contribution in [0.3, 0.4) is 0 Å². The summed E-state index contributed by atoms with van der Waals surface area (Å²) in [4.78, 5) is 2.58. The number of nitrogens with zero attached hydrogens (tertiary/aromatic N) is 1. The summed E-state index contributed by atoms with van der Waals surface area (Å²) in [6, 6.07) is 12.1. The van der Waals surface area contributed by atoms with E-state index in [2.05, 4.69) is 53.0 Å². The summed E-state index contributed by atoms with van der Waals surface area (Å²) >= 11 is 0. The molecule has 3 heteroatoms. The first kappa shape index (κ1) is 11.2. The molecular weight excluding hydrogens is 210 g/mol. The van der Waals surface area contributed by atoms with Gasteiger partial charge in [-0.3, -0.25) is 15.8 Å². The van der Waals surface area contributed by atoms with E-state index in [1.54, 1.807) is 0 Å². The van der Waals surface area contributed by atoms with E-state index >= 15 is 0 Å². The fraction of sp³-hybridized carbons (Fsp3) is 0.571. The van der Waals surface area contributed by atoms with Crippen LogP contribution in [0.2, 0.25) is 0 Å². The van der Waals surface area contributed by atoms with Gasteiger partial charge >= 0.3 is 0 Å². The minimum Gasteiger partial charge on any atom is -0.299 e. The van der Waals surface area contributed by atoms with Crippen LogP contribution in [0.25, 0.3) is 0 Å². The highest BCUT2D eigenvalue weighted by atomic mass is 15.4. The van der Waals surface area contributed by atoms with E-state index in [1.807, 2.05) is 0 Å². The van der Waals surface area contributed by atoms with Crippen molar-refractivity contribution in [2.24, 2.45) is 5.92 Å². The largest absolute Gasteiger partial charge is 0.299 e. The van der Waals surface area contributed by atoms with Crippen LogP contribution in [0.4, 0.5) is 0 Å². The van der Waals surface area contributed by atoms with Gasteiger partial charge in [-0.1, -0.05) is 30.3 Å². The highest BCUT2D eigenvalue weighted by molar-refractivity contribution is 5.14. The topological polar surface area (TPSA) is 27.3 Å². The van der Waals surface area contributed by atoms with Gasteiger partial charge in [0.05, 0.1) is 0 Å². The molecule has 0 aliphatic carbocycles. The van der Waals surface area contributed by atoms with Crippen molar-refractivity contribution in [2.45, 2.75) is 32.0 Å². The highest BCUT2D eigenvalue weighted by Crippen LogP contribution is 2.24. The summed E-state index contributed by atoms with van der Waals surface area (Å²) < 4.78 is 0. The van der Waals surface area contributed by atoms with Crippen LogP contribution in [0.1, 0.15) is 18.9 Å². The fourth-order valence-electron chi connectivity index (χ4n) is 3.07. The monoisotopic (exact) mass is 231 g/mol. The molecule has 0 radical (unpaired) electrons. The fourth-order valence-corrected chi connectivity index (χ4v) is 3.07. The van der Waals surface area contributed by atoms with Crippen LogP contribution in [0.5, 0.6) is 0 Å². The summed E-state index contributed by atoms with van der Waals surface area (Å²) in [5.41, 5.74) is 8.21. The molecule has 0 aromatic heterocycles. The lowest BCUT2D eigenvalue weighted by Crippen LogP contribution is -2.45. The maximum Gasteiger partial charge on any atom is 0.0280 e. The van der Waals surface area contributed by atoms with Gasteiger partial charge < -0.3 is 0 Å². The van der Waals surface area contributed by atoms with Crippen LogP contribution < -0.4 is 10.9 Å². The number of rotatable bonds is 2. The van der Waals surface area contributed by atoms with Crippen LogP contribution in [0.15, 0.2) is 30.3 Å². The lowest BCUT2D eigenvalue weighted by atomic mass is 9.89. The zero-order valence-corrected chi connectivity index (χ0v) is 10.4. The third-order valence-electron chi connectivity index (χ3n) is 4.13. The first-order valence-electron chi connectivity index (χ1n) is 6.60. The second kappa shape index (κ2) is 4.77. The summed E-state index contributed by atoms with van der Waals surface area (Å²) in [5.74, 6) is 0.757. The molecule has 2 aliphatic rings. The van der Waals surface area contributed by atoms with Gasteiger partial charge in [-0.05, 0) is 18.9 Å². The summed E-state index contributed by atoms with van der Waals surface area (Å²) in [7, 11) is 0. The molecule has 2 fully saturated rings. The van der Waals surface area contributed by atoms with E-state index in [-0.39, 0.29) is 0 Å². The second-order valence-electron chi connectivity index (χ2n) is 5.36. The van der Waals surface area contributed by atoms with Crippen molar-refractivity contribution in [3.05, 3.63) is 35.9 Å². The average Bonchev–Trinajstić information content (AvgIpc) is 2.73. The van der Waals surface area contributed by atoms with Crippen LogP contribution >= 0.6 is 0 Å². The molecule has 2 N–H and O–H groups in total. The quantitative estimate of drug-likeness (QED) is 0.805. The van der Waals surface area contributed by atoms with Gasteiger partial charge in [0.2, 0.25) is 0 Å². The van der Waals surface area contributed by atoms with Crippen molar-refractivity contribution >= 4 is 0 Å². The zero-order chi connectivity index (χ0) is 11.7. The van der Waals surface area contributed by atoms with Crippen molar-refractivity contribution in [3.63, 3.8) is 0 Å². The molecule has 0 amide bonds. The van der Waals surface area contributed by atoms with E-state index in [0.717, 1.165) is 12.5 Å². The van der Waals surface area contributed by atoms with Gasteiger partial charge in [-0.25, -0.2) is 0 Å². The number of nitrogens with one attached hydrogen (secondary N) is 2. The molecule has 0 spiro atoms. The van der Waals surface area contributed by atoms with Gasteiger partial charge in [0.25, 0.3) is 0 Å². The van der Waals surface area contributed by atoms with Crippen LogP contribution in [-0.2, 0) is 6.54 Å². The SMILES string of the molecule is CC1NNC2CCN(Cc3ccccc3)CC12. The molecule has 0 saturated carbocycles. The maximum atomic E-state index is 3.42. The predicted molar refractivity (Wildman–Crippen MR) is 69.3 cm³/mol. The lowest BCUT2D eigenvalue weighted by molar-refractivity contribution is 0.150. The third-order valence-corrected chi connectivity index (χ3v) is 4.13. The molecule has 17 heavy (non-hydrogen) atoms. The Kier molecular flexibility index (Phi) is 3.14. The Morgan fingerprint density at radius 3 is 2.88 bits per heavy atom. The van der Waals surface area contributed by atoms with E-state index in [1.165, 1.54) is 25.1 Å². The van der Waals surface area contributed by atoms with Crippen molar-refractivity contribution in [1.29, 1.82) is 0 Å². The Bertz CT molecular complexity index is 365. The second-order valence-corrected chi connectivity index (χ2v) is 5.36. The van der Waals surface area contributed by atoms with Gasteiger partial charge in [-0.15, -0.1) is 0 Å². The van der Waals surface area contributed by atoms with Crippen LogP contribution in [-0.4, -0.2) is 30.1 Å². The minimum absolute atomic E-state index is 0.596. The van der Waals surface area contributed by atoms with E-state index in [4.69, 9.17) is 0 Å². The zero-order valence-electron chi connectivity index (χ0n) is 10.4. The molecule has 2 saturated heterocycles. The molecule has 3 atom stereocenters. The summed E-state index contributed by atoms with van der Waals surface area (Å²) in [6.45, 7) is 5.79. The molecule has 1 aromatic rings. The number of benzene rings is 1. The number of hydrogen-bond donors (Lipinski definition) is 2. The number of hydrogen-bond acceptors (Lipinski definition) is 3. The summed E-state index contributed by atoms with van der Waals surface area (Å²) in [6.07, 6.45) is 1.26. The highest BCUT2D eigenvalue weighted by Gasteiger charge is 2.37. The smallest absolute Gasteiger partial charge is 0.0280 e. The first-order chi connectivity index (χ1) is 8.33. The number of fused-ring (bicyclic) bond motifs is 1. The Morgan fingerprint density at radius 1 is 1.24 bits per heavy atom. The number of hydrazine groups is 1. The molecule has 0 bridgehead atoms. The average molecular weight is 231 g/mol. The Balaban J connectivity index is 1.62. The Morgan fingerprint density at radius 2 is 2.06 bits per heavy atom. The maximum absolute atomic E-state index is 3.42. The number of likely N-dealkylation sites (tertiary alicyclic amines) is 1. The van der Waals surface area contributed by atoms with E-state index in [0.29, 0.717) is 12.1 Å². The first-order valence-corrected chi connectivity index (χ1v) is 6.60. The van der Waals surface area contributed by atoms with E-state index < -0.39 is 0 Å². The van der Waals surface area contributed by atoms with Crippen molar-refractivity contribution in [2.75, 3.05) is 13.1 Å². The van der Waals surface area contributed by atoms with Crippen molar-refractivity contribution in [3.8, 4) is 0 Å². The molecule has 1 aromatic carbocycles. The molecule has 3 unspecified atom stereocenters. The Hall–Kier alpha value is -0.900. The van der Waals surface area contributed by atoms with Crippen molar-refractivity contribution < 1.29 is 0 Å². The molecule has 3 nitrogen and oxygen atoms in total. The van der Waals surface area contributed by atoms with Gasteiger partial charge in [0, 0.05) is 37.6 Å².